The molecule has 0 aliphatic carbocycles. The van der Waals surface area contributed by atoms with Crippen molar-refractivity contribution >= 4 is 11.3 Å². The summed E-state index contributed by atoms with van der Waals surface area (Å²) in [5.74, 6) is 0. The van der Waals surface area contributed by atoms with Crippen LogP contribution in [0.2, 0.25) is 0 Å². The molecule has 0 aliphatic heterocycles. The number of rotatable bonds is 4. The molecule has 0 fully saturated rings. The molecule has 1 aromatic rings. The quantitative estimate of drug-likeness (QED) is 0.478. The predicted molar refractivity (Wildman–Crippen MR) is 44.6 cm³/mol. The predicted octanol–water partition coefficient (Wildman–Crippen LogP) is 2.70. The van der Waals surface area contributed by atoms with E-state index in [0.717, 1.165) is 18.1 Å². The highest BCUT2D eigenvalue weighted by Crippen LogP contribution is 2.17. The zero-order valence-electron chi connectivity index (χ0n) is 5.75. The molecule has 1 aromatic heterocycles. The van der Waals surface area contributed by atoms with Gasteiger partial charge in [0.25, 0.3) is 0 Å². The van der Waals surface area contributed by atoms with E-state index in [-0.39, 0.29) is 0 Å². The largest absolute Gasteiger partial charge is 0.484 e. The van der Waals surface area contributed by atoms with E-state index in [1.54, 1.807) is 11.3 Å². The molecule has 10 heavy (non-hydrogen) atoms. The Balaban J connectivity index is 2.21. The van der Waals surface area contributed by atoms with Crippen LogP contribution in [0, 0.1) is 0 Å². The first-order valence-electron chi connectivity index (χ1n) is 3.20. The molecular formula is C8H10OS. The Labute approximate surface area is 65.0 Å². The van der Waals surface area contributed by atoms with Crippen LogP contribution in [0.25, 0.3) is 0 Å². The van der Waals surface area contributed by atoms with Crippen LogP contribution in [0.1, 0.15) is 6.42 Å². The van der Waals surface area contributed by atoms with Crippen molar-refractivity contribution in [2.45, 2.75) is 6.42 Å². The maximum absolute atomic E-state index is 5.33. The molecule has 0 N–H and O–H groups in total. The normalized spacial score (nSPS) is 9.20. The van der Waals surface area contributed by atoms with Gasteiger partial charge in [0.05, 0.1) is 6.61 Å². The Morgan fingerprint density at radius 2 is 2.60 bits per heavy atom. The lowest BCUT2D eigenvalue weighted by molar-refractivity contribution is 0.334. The summed E-state index contributed by atoms with van der Waals surface area (Å²) >= 11 is 1.62. The van der Waals surface area contributed by atoms with Crippen LogP contribution in [0.4, 0.5) is 0 Å². The van der Waals surface area contributed by atoms with E-state index in [9.17, 15) is 0 Å². The minimum Gasteiger partial charge on any atom is -0.484 e. The topological polar surface area (TPSA) is 9.23 Å². The van der Waals surface area contributed by atoms with Crippen molar-refractivity contribution < 1.29 is 4.74 Å². The molecule has 0 bridgehead atoms. The summed E-state index contributed by atoms with van der Waals surface area (Å²) in [6.45, 7) is 4.34. The Bertz CT molecular complexity index is 179. The number of thiophene rings is 1. The van der Waals surface area contributed by atoms with Gasteiger partial charge in [0.2, 0.25) is 0 Å². The molecular weight excluding hydrogens is 144 g/mol. The summed E-state index contributed by atoms with van der Waals surface area (Å²) in [4.78, 5) is 0. The van der Waals surface area contributed by atoms with E-state index >= 15 is 0 Å². The number of ether oxygens (including phenoxy) is 1. The lowest BCUT2D eigenvalue weighted by Crippen LogP contribution is -1.92. The standard InChI is InChI=1S/C8H10OS/c1-2-3-6-9-8-5-4-7-10-8/h2,4-5,7H,1,3,6H2. The fourth-order valence-electron chi connectivity index (χ4n) is 0.588. The fraction of sp³-hybridized carbons (Fsp3) is 0.250. The highest BCUT2D eigenvalue weighted by Gasteiger charge is 1.89. The van der Waals surface area contributed by atoms with Gasteiger partial charge in [-0.1, -0.05) is 6.08 Å². The molecule has 0 saturated heterocycles. The molecule has 0 unspecified atom stereocenters. The average molecular weight is 154 g/mol. The van der Waals surface area contributed by atoms with Gasteiger partial charge >= 0.3 is 0 Å². The molecule has 0 aromatic carbocycles. The highest BCUT2D eigenvalue weighted by molar-refractivity contribution is 7.11. The summed E-state index contributed by atoms with van der Waals surface area (Å²) in [7, 11) is 0. The van der Waals surface area contributed by atoms with E-state index in [2.05, 4.69) is 6.58 Å². The second-order valence-corrected chi connectivity index (χ2v) is 2.77. The second-order valence-electron chi connectivity index (χ2n) is 1.86. The zero-order chi connectivity index (χ0) is 7.23. The summed E-state index contributed by atoms with van der Waals surface area (Å²) in [5.41, 5.74) is 0. The van der Waals surface area contributed by atoms with Crippen LogP contribution in [-0.4, -0.2) is 6.61 Å². The molecule has 54 valence electrons. The molecule has 0 saturated carbocycles. The summed E-state index contributed by atoms with van der Waals surface area (Å²) in [6.07, 6.45) is 2.77. The van der Waals surface area contributed by atoms with Crippen LogP contribution >= 0.6 is 11.3 Å². The van der Waals surface area contributed by atoms with Crippen LogP contribution < -0.4 is 4.74 Å². The zero-order valence-corrected chi connectivity index (χ0v) is 6.56. The number of hydrogen-bond donors (Lipinski definition) is 0. The van der Waals surface area contributed by atoms with Crippen molar-refractivity contribution in [3.8, 4) is 5.06 Å². The summed E-state index contributed by atoms with van der Waals surface area (Å²) < 4.78 is 5.33. The molecule has 0 aliphatic rings. The molecule has 2 heteroatoms. The maximum atomic E-state index is 5.33. The van der Waals surface area contributed by atoms with Gasteiger partial charge in [0, 0.05) is 0 Å². The smallest absolute Gasteiger partial charge is 0.173 e. The molecule has 1 heterocycles. The third-order valence-electron chi connectivity index (χ3n) is 1.06. The SMILES string of the molecule is C=CCCOc1cccs1. The first-order chi connectivity index (χ1) is 4.93. The van der Waals surface area contributed by atoms with Gasteiger partial charge in [-0.2, -0.15) is 0 Å². The third-order valence-corrected chi connectivity index (χ3v) is 1.84. The van der Waals surface area contributed by atoms with Crippen molar-refractivity contribution in [1.29, 1.82) is 0 Å². The molecule has 0 amide bonds. The van der Waals surface area contributed by atoms with Crippen LogP contribution in [0.5, 0.6) is 5.06 Å². The highest BCUT2D eigenvalue weighted by atomic mass is 32.1. The van der Waals surface area contributed by atoms with Gasteiger partial charge in [-0.05, 0) is 23.9 Å². The first kappa shape index (κ1) is 7.35. The Hall–Kier alpha value is -0.760. The number of hydrogen-bond acceptors (Lipinski definition) is 2. The van der Waals surface area contributed by atoms with E-state index in [4.69, 9.17) is 4.74 Å². The Morgan fingerprint density at radius 3 is 3.20 bits per heavy atom. The lowest BCUT2D eigenvalue weighted by atomic mass is 10.5. The van der Waals surface area contributed by atoms with Crippen molar-refractivity contribution in [2.75, 3.05) is 6.61 Å². The summed E-state index contributed by atoms with van der Waals surface area (Å²) in [6, 6.07) is 3.95. The average Bonchev–Trinajstić information content (AvgIpc) is 2.41. The lowest BCUT2D eigenvalue weighted by Gasteiger charge is -1.97. The van der Waals surface area contributed by atoms with Gasteiger partial charge in [-0.3, -0.25) is 0 Å². The minimum absolute atomic E-state index is 0.740. The van der Waals surface area contributed by atoms with Crippen molar-refractivity contribution in [2.24, 2.45) is 0 Å². The first-order valence-corrected chi connectivity index (χ1v) is 4.08. The Kier molecular flexibility index (Phi) is 3.03. The molecule has 0 spiro atoms. The molecule has 0 radical (unpaired) electrons. The van der Waals surface area contributed by atoms with Gasteiger partial charge in [0.1, 0.15) is 0 Å². The van der Waals surface area contributed by atoms with Gasteiger partial charge < -0.3 is 4.74 Å². The van der Waals surface area contributed by atoms with E-state index in [0.29, 0.717) is 0 Å². The monoisotopic (exact) mass is 154 g/mol. The summed E-state index contributed by atoms with van der Waals surface area (Å²) in [5, 5.41) is 2.99. The van der Waals surface area contributed by atoms with E-state index < -0.39 is 0 Å². The molecule has 1 nitrogen and oxygen atoms in total. The molecule has 1 rings (SSSR count). The van der Waals surface area contributed by atoms with E-state index in [1.165, 1.54) is 0 Å². The minimum atomic E-state index is 0.740. The van der Waals surface area contributed by atoms with Crippen molar-refractivity contribution in [3.63, 3.8) is 0 Å². The van der Waals surface area contributed by atoms with Crippen molar-refractivity contribution in [1.82, 2.24) is 0 Å². The maximum Gasteiger partial charge on any atom is 0.173 e. The van der Waals surface area contributed by atoms with Crippen LogP contribution in [-0.2, 0) is 0 Å². The molecule has 0 atom stereocenters. The van der Waals surface area contributed by atoms with Gasteiger partial charge in [0.15, 0.2) is 5.06 Å². The van der Waals surface area contributed by atoms with Crippen molar-refractivity contribution in [3.05, 3.63) is 30.2 Å². The van der Waals surface area contributed by atoms with E-state index in [1.807, 2.05) is 23.6 Å². The van der Waals surface area contributed by atoms with Crippen LogP contribution in [0.3, 0.4) is 0 Å². The van der Waals surface area contributed by atoms with Crippen LogP contribution in [0.15, 0.2) is 30.2 Å². The third kappa shape index (κ3) is 2.23. The van der Waals surface area contributed by atoms with Gasteiger partial charge in [-0.15, -0.1) is 17.9 Å². The Morgan fingerprint density at radius 1 is 1.70 bits per heavy atom. The second kappa shape index (κ2) is 4.12. The van der Waals surface area contributed by atoms with Gasteiger partial charge in [-0.25, -0.2) is 0 Å². The fourth-order valence-corrected chi connectivity index (χ4v) is 1.19.